The van der Waals surface area contributed by atoms with Gasteiger partial charge in [-0.2, -0.15) is 0 Å². The summed E-state index contributed by atoms with van der Waals surface area (Å²) in [6, 6.07) is 42.1. The summed E-state index contributed by atoms with van der Waals surface area (Å²) in [7, 11) is 0. The largest absolute Gasteiger partial charge is 0.268 e. The molecule has 0 atom stereocenters. The van der Waals surface area contributed by atoms with Crippen molar-refractivity contribution in [1.82, 2.24) is 24.5 Å². The molecule has 6 nitrogen and oxygen atoms in total. The van der Waals surface area contributed by atoms with Crippen LogP contribution in [0.15, 0.2) is 127 Å². The van der Waals surface area contributed by atoms with E-state index in [0.29, 0.717) is 17.5 Å². The number of imidazole rings is 1. The lowest BCUT2D eigenvalue weighted by molar-refractivity contribution is 0.0948. The van der Waals surface area contributed by atoms with Crippen molar-refractivity contribution in [2.75, 3.05) is 0 Å². The highest BCUT2D eigenvalue weighted by Crippen LogP contribution is 2.40. The number of hydrogen-bond acceptors (Lipinski definition) is 5. The van der Waals surface area contributed by atoms with Crippen molar-refractivity contribution in [1.29, 1.82) is 0 Å². The van der Waals surface area contributed by atoms with E-state index in [-0.39, 0.29) is 5.91 Å². The average molecular weight is 570 g/mol. The Labute approximate surface area is 254 Å². The van der Waals surface area contributed by atoms with E-state index in [9.17, 15) is 4.79 Å². The maximum atomic E-state index is 13.6. The van der Waals surface area contributed by atoms with Gasteiger partial charge in [-0.15, -0.1) is 0 Å². The van der Waals surface area contributed by atoms with E-state index in [4.69, 9.17) is 19.9 Å². The molecule has 5 aromatic carbocycles. The van der Waals surface area contributed by atoms with Gasteiger partial charge < -0.3 is 0 Å². The molecule has 6 heteroatoms. The Balaban J connectivity index is 1.23. The number of fused-ring (bicyclic) bond motifs is 4. The summed E-state index contributed by atoms with van der Waals surface area (Å²) >= 11 is 0. The number of aromatic nitrogens is 5. The van der Waals surface area contributed by atoms with Crippen LogP contribution >= 0.6 is 0 Å². The fraction of sp³-hybridized carbons (Fsp3) is 0.0789. The van der Waals surface area contributed by atoms with Crippen LogP contribution in [0.2, 0.25) is 0 Å². The van der Waals surface area contributed by atoms with Gasteiger partial charge >= 0.3 is 0 Å². The minimum atomic E-state index is -0.408. The van der Waals surface area contributed by atoms with Crippen molar-refractivity contribution in [2.45, 2.75) is 19.3 Å². The Morgan fingerprint density at radius 1 is 0.523 bits per heavy atom. The summed E-state index contributed by atoms with van der Waals surface area (Å²) in [6.45, 7) is 4.25. The highest BCUT2D eigenvalue weighted by Gasteiger charge is 2.39. The quantitative estimate of drug-likeness (QED) is 0.214. The van der Waals surface area contributed by atoms with E-state index < -0.39 is 5.41 Å². The van der Waals surface area contributed by atoms with Gasteiger partial charge in [-0.05, 0) is 54.8 Å². The Kier molecular flexibility index (Phi) is 5.84. The molecule has 0 amide bonds. The lowest BCUT2D eigenvalue weighted by atomic mass is 9.78. The summed E-state index contributed by atoms with van der Waals surface area (Å²) in [5.74, 6) is 2.57. The molecule has 8 rings (SSSR count). The molecule has 44 heavy (non-hydrogen) atoms. The van der Waals surface area contributed by atoms with Gasteiger partial charge in [-0.1, -0.05) is 103 Å². The first-order chi connectivity index (χ1) is 21.5. The van der Waals surface area contributed by atoms with Crippen molar-refractivity contribution in [3.05, 3.63) is 144 Å². The molecule has 0 aliphatic carbocycles. The van der Waals surface area contributed by atoms with Gasteiger partial charge in [0.2, 0.25) is 0 Å². The molecule has 0 saturated heterocycles. The normalized spacial score (nSPS) is 13.5. The zero-order chi connectivity index (χ0) is 29.8. The molecule has 0 fully saturated rings. The molecular weight excluding hydrogens is 542 g/mol. The standard InChI is InChI=1S/C38H27N5O/c1-38(2)30-19-10-9-18-29(30)36(44)43-32-21-20-27(23-31(32)39-37(38)43)26-16-11-17-28(22-26)35-41-33(24-12-5-3-6-13-24)40-34(42-35)25-14-7-4-8-15-25/h3-23H,1-2H3. The van der Waals surface area contributed by atoms with E-state index in [1.54, 1.807) is 4.57 Å². The second-order valence-corrected chi connectivity index (χ2v) is 11.6. The van der Waals surface area contributed by atoms with Crippen LogP contribution in [0.3, 0.4) is 0 Å². The monoisotopic (exact) mass is 569 g/mol. The molecule has 0 N–H and O–H groups in total. The molecular formula is C38H27N5O. The first-order valence-electron chi connectivity index (χ1n) is 14.6. The fourth-order valence-corrected chi connectivity index (χ4v) is 6.12. The molecule has 210 valence electrons. The van der Waals surface area contributed by atoms with E-state index >= 15 is 0 Å². The third kappa shape index (κ3) is 4.14. The van der Waals surface area contributed by atoms with Crippen molar-refractivity contribution < 1.29 is 4.79 Å². The second kappa shape index (κ2) is 9.92. The molecule has 0 bridgehead atoms. The summed E-state index contributed by atoms with van der Waals surface area (Å²) in [4.78, 5) is 33.2. The second-order valence-electron chi connectivity index (χ2n) is 11.6. The third-order valence-electron chi connectivity index (χ3n) is 8.40. The Hall–Kier alpha value is -5.75. The summed E-state index contributed by atoms with van der Waals surface area (Å²) in [5, 5.41) is 0. The van der Waals surface area contributed by atoms with Crippen LogP contribution in [-0.2, 0) is 5.41 Å². The zero-order valence-corrected chi connectivity index (χ0v) is 24.3. The van der Waals surface area contributed by atoms with Gasteiger partial charge in [-0.25, -0.2) is 19.9 Å². The Bertz CT molecular complexity index is 2160. The van der Waals surface area contributed by atoms with Crippen LogP contribution in [0.4, 0.5) is 0 Å². The highest BCUT2D eigenvalue weighted by molar-refractivity contribution is 6.05. The van der Waals surface area contributed by atoms with Crippen LogP contribution in [-0.4, -0.2) is 30.4 Å². The van der Waals surface area contributed by atoms with E-state index in [0.717, 1.165) is 55.8 Å². The Morgan fingerprint density at radius 3 is 1.75 bits per heavy atom. The SMILES string of the molecule is CC1(C)c2ccccc2C(=O)n2c1nc1cc(-c3cccc(-c4nc(-c5ccccc5)nc(-c5ccccc5)n4)c3)ccc12. The van der Waals surface area contributed by atoms with E-state index in [1.165, 1.54) is 0 Å². The Morgan fingerprint density at radius 2 is 1.07 bits per heavy atom. The first kappa shape index (κ1) is 25.9. The van der Waals surface area contributed by atoms with Gasteiger partial charge in [0.05, 0.1) is 11.0 Å². The van der Waals surface area contributed by atoms with Gasteiger partial charge in [-0.3, -0.25) is 9.36 Å². The van der Waals surface area contributed by atoms with Gasteiger partial charge in [0.1, 0.15) is 5.82 Å². The lowest BCUT2D eigenvalue weighted by Crippen LogP contribution is -2.35. The fourth-order valence-electron chi connectivity index (χ4n) is 6.12. The van der Waals surface area contributed by atoms with Crippen molar-refractivity contribution in [3.63, 3.8) is 0 Å². The lowest BCUT2D eigenvalue weighted by Gasteiger charge is -2.31. The molecule has 1 aliphatic rings. The van der Waals surface area contributed by atoms with Crippen LogP contribution in [0.25, 0.3) is 56.3 Å². The summed E-state index contributed by atoms with van der Waals surface area (Å²) in [5.41, 5.74) is 7.66. The van der Waals surface area contributed by atoms with E-state index in [1.807, 2.05) is 103 Å². The summed E-state index contributed by atoms with van der Waals surface area (Å²) in [6.07, 6.45) is 0. The molecule has 0 spiro atoms. The molecule has 2 aromatic heterocycles. The van der Waals surface area contributed by atoms with Crippen LogP contribution in [0, 0.1) is 0 Å². The summed E-state index contributed by atoms with van der Waals surface area (Å²) < 4.78 is 1.78. The number of carbonyl (C=O) groups excluding carboxylic acids is 1. The average Bonchev–Trinajstić information content (AvgIpc) is 3.48. The molecule has 1 aliphatic heterocycles. The van der Waals surface area contributed by atoms with Gasteiger partial charge in [0.15, 0.2) is 17.5 Å². The van der Waals surface area contributed by atoms with Crippen molar-refractivity contribution in [3.8, 4) is 45.3 Å². The molecule has 0 unspecified atom stereocenters. The molecule has 0 saturated carbocycles. The van der Waals surface area contributed by atoms with Gasteiger partial charge in [0, 0.05) is 27.7 Å². The molecule has 3 heterocycles. The number of carbonyl (C=O) groups is 1. The maximum Gasteiger partial charge on any atom is 0.264 e. The zero-order valence-electron chi connectivity index (χ0n) is 24.3. The predicted octanol–water partition coefficient (Wildman–Crippen LogP) is 8.22. The first-order valence-corrected chi connectivity index (χ1v) is 14.6. The van der Waals surface area contributed by atoms with E-state index in [2.05, 4.69) is 38.1 Å². The highest BCUT2D eigenvalue weighted by atomic mass is 16.2. The third-order valence-corrected chi connectivity index (χ3v) is 8.40. The van der Waals surface area contributed by atoms with Gasteiger partial charge in [0.25, 0.3) is 5.91 Å². The van der Waals surface area contributed by atoms with Crippen LogP contribution in [0.1, 0.15) is 35.6 Å². The number of benzene rings is 5. The number of hydrogen-bond donors (Lipinski definition) is 0. The minimum absolute atomic E-state index is 0.0366. The molecule has 0 radical (unpaired) electrons. The van der Waals surface area contributed by atoms with Crippen LogP contribution in [0.5, 0.6) is 0 Å². The number of nitrogens with zero attached hydrogens (tertiary/aromatic N) is 5. The number of rotatable bonds is 4. The topological polar surface area (TPSA) is 73.6 Å². The molecule has 7 aromatic rings. The maximum absolute atomic E-state index is 13.6. The van der Waals surface area contributed by atoms with Crippen molar-refractivity contribution >= 4 is 16.9 Å². The predicted molar refractivity (Wildman–Crippen MR) is 173 cm³/mol. The van der Waals surface area contributed by atoms with Crippen molar-refractivity contribution in [2.24, 2.45) is 0 Å². The van der Waals surface area contributed by atoms with Crippen LogP contribution < -0.4 is 0 Å². The minimum Gasteiger partial charge on any atom is -0.268 e. The smallest absolute Gasteiger partial charge is 0.264 e.